The Morgan fingerprint density at radius 3 is 2.56 bits per heavy atom. The van der Waals surface area contributed by atoms with E-state index in [1.807, 2.05) is 24.6 Å². The molecule has 1 aliphatic heterocycles. The lowest BCUT2D eigenvalue weighted by molar-refractivity contribution is 0.0547. The fraction of sp³-hybridized carbons (Fsp3) is 0.379. The second-order valence-corrected chi connectivity index (χ2v) is 10.8. The van der Waals surface area contributed by atoms with Gasteiger partial charge in [-0.3, -0.25) is 9.97 Å². The third-order valence-electron chi connectivity index (χ3n) is 7.78. The van der Waals surface area contributed by atoms with Crippen molar-refractivity contribution in [1.82, 2.24) is 29.5 Å². The van der Waals surface area contributed by atoms with Crippen molar-refractivity contribution < 1.29 is 18.6 Å². The minimum atomic E-state index is -1.42. The van der Waals surface area contributed by atoms with E-state index in [4.69, 9.17) is 9.72 Å². The number of aliphatic hydroxyl groups is 1. The average molecular weight is 533 g/mol. The number of benzene rings is 1. The van der Waals surface area contributed by atoms with Crippen molar-refractivity contribution in [2.24, 2.45) is 13.0 Å². The standard InChI is InChI=1S/C29H30F2N6O2/c1-16-26(36(4)35-34-16)18-13-23-25(33-14-18)20-5-6-21(29(2,3)38)24(31)28(20)37(23)27(17-8-11-39-12-9-17)19-7-10-32-15-22(19)30/h5-7,10,13-15,17,27,38H,8-9,11-12H2,1-4H3. The van der Waals surface area contributed by atoms with E-state index in [0.717, 1.165) is 17.0 Å². The van der Waals surface area contributed by atoms with Gasteiger partial charge in [0.25, 0.3) is 0 Å². The molecule has 5 heterocycles. The quantitative estimate of drug-likeness (QED) is 0.334. The maximum atomic E-state index is 16.5. The molecule has 0 saturated carbocycles. The van der Waals surface area contributed by atoms with Gasteiger partial charge in [-0.2, -0.15) is 0 Å². The van der Waals surface area contributed by atoms with Gasteiger partial charge in [0.1, 0.15) is 5.82 Å². The number of rotatable bonds is 5. The molecule has 10 heteroatoms. The van der Waals surface area contributed by atoms with E-state index in [2.05, 4.69) is 15.3 Å². The smallest absolute Gasteiger partial charge is 0.153 e. The maximum Gasteiger partial charge on any atom is 0.153 e. The van der Waals surface area contributed by atoms with Crippen LogP contribution in [-0.4, -0.2) is 47.8 Å². The summed E-state index contributed by atoms with van der Waals surface area (Å²) in [5.41, 5.74) is 2.97. The number of fused-ring (bicyclic) bond motifs is 3. The van der Waals surface area contributed by atoms with Gasteiger partial charge in [-0.05, 0) is 51.7 Å². The van der Waals surface area contributed by atoms with E-state index in [1.54, 1.807) is 49.1 Å². The van der Waals surface area contributed by atoms with Crippen LogP contribution in [0, 0.1) is 24.5 Å². The molecule has 8 nitrogen and oxygen atoms in total. The van der Waals surface area contributed by atoms with Gasteiger partial charge < -0.3 is 14.4 Å². The Labute approximate surface area is 224 Å². The summed E-state index contributed by atoms with van der Waals surface area (Å²) in [5.74, 6) is -1.05. The fourth-order valence-electron chi connectivity index (χ4n) is 5.96. The summed E-state index contributed by atoms with van der Waals surface area (Å²) in [6, 6.07) is 6.44. The van der Waals surface area contributed by atoms with Gasteiger partial charge in [-0.1, -0.05) is 17.3 Å². The van der Waals surface area contributed by atoms with E-state index in [1.165, 1.54) is 6.20 Å². The first-order valence-corrected chi connectivity index (χ1v) is 13.1. The second kappa shape index (κ2) is 9.46. The van der Waals surface area contributed by atoms with Gasteiger partial charge in [-0.15, -0.1) is 5.10 Å². The molecule has 0 aliphatic carbocycles. The molecule has 0 bridgehead atoms. The summed E-state index contributed by atoms with van der Waals surface area (Å²) < 4.78 is 41.2. The molecule has 1 fully saturated rings. The van der Waals surface area contributed by atoms with Crippen molar-refractivity contribution in [3.8, 4) is 11.3 Å². The number of pyridine rings is 2. The summed E-state index contributed by atoms with van der Waals surface area (Å²) in [5, 5.41) is 19.7. The number of nitrogens with zero attached hydrogens (tertiary/aromatic N) is 6. The number of ether oxygens (including phenoxy) is 1. The van der Waals surface area contributed by atoms with Crippen LogP contribution in [0.1, 0.15) is 49.6 Å². The number of aromatic nitrogens is 6. The van der Waals surface area contributed by atoms with Gasteiger partial charge in [0, 0.05) is 54.7 Å². The highest BCUT2D eigenvalue weighted by Gasteiger charge is 2.34. The van der Waals surface area contributed by atoms with Crippen LogP contribution in [0.2, 0.25) is 0 Å². The first-order valence-electron chi connectivity index (χ1n) is 13.1. The monoisotopic (exact) mass is 532 g/mol. The van der Waals surface area contributed by atoms with Gasteiger partial charge in [-0.25, -0.2) is 13.5 Å². The molecule has 202 valence electrons. The number of aryl methyl sites for hydroxylation is 2. The topological polar surface area (TPSA) is 90.9 Å². The van der Waals surface area contributed by atoms with Crippen LogP contribution in [-0.2, 0) is 17.4 Å². The molecular weight excluding hydrogens is 502 g/mol. The summed E-state index contributed by atoms with van der Waals surface area (Å²) in [6.45, 7) is 6.04. The van der Waals surface area contributed by atoms with Crippen LogP contribution in [0.4, 0.5) is 8.78 Å². The molecule has 1 atom stereocenters. The fourth-order valence-corrected chi connectivity index (χ4v) is 5.96. The lowest BCUT2D eigenvalue weighted by atomic mass is 9.86. The molecule has 39 heavy (non-hydrogen) atoms. The minimum Gasteiger partial charge on any atom is -0.386 e. The third-order valence-corrected chi connectivity index (χ3v) is 7.78. The van der Waals surface area contributed by atoms with Gasteiger partial charge in [0.05, 0.1) is 45.8 Å². The lowest BCUT2D eigenvalue weighted by Gasteiger charge is -2.33. The summed E-state index contributed by atoms with van der Waals surface area (Å²) >= 11 is 0. The average Bonchev–Trinajstić information content (AvgIpc) is 3.42. The van der Waals surface area contributed by atoms with E-state index < -0.39 is 23.3 Å². The van der Waals surface area contributed by atoms with Crippen LogP contribution in [0.3, 0.4) is 0 Å². The molecule has 1 aromatic carbocycles. The Morgan fingerprint density at radius 2 is 1.90 bits per heavy atom. The second-order valence-electron chi connectivity index (χ2n) is 10.8. The molecule has 0 spiro atoms. The first-order chi connectivity index (χ1) is 18.7. The Kier molecular flexibility index (Phi) is 6.19. The molecule has 1 aliphatic rings. The largest absolute Gasteiger partial charge is 0.386 e. The van der Waals surface area contributed by atoms with Crippen LogP contribution in [0.25, 0.3) is 33.2 Å². The summed E-state index contributed by atoms with van der Waals surface area (Å²) in [7, 11) is 1.81. The van der Waals surface area contributed by atoms with Crippen LogP contribution >= 0.6 is 0 Å². The molecule has 1 N–H and O–H groups in total. The summed E-state index contributed by atoms with van der Waals surface area (Å²) in [6.07, 6.45) is 5.85. The van der Waals surface area contributed by atoms with Crippen LogP contribution < -0.4 is 0 Å². The molecule has 0 radical (unpaired) electrons. The normalized spacial score (nSPS) is 15.9. The van der Waals surface area contributed by atoms with Crippen molar-refractivity contribution >= 4 is 21.9 Å². The van der Waals surface area contributed by atoms with Crippen molar-refractivity contribution in [3.63, 3.8) is 0 Å². The predicted molar refractivity (Wildman–Crippen MR) is 143 cm³/mol. The highest BCUT2D eigenvalue weighted by molar-refractivity contribution is 6.07. The first kappa shape index (κ1) is 25.5. The highest BCUT2D eigenvalue weighted by atomic mass is 19.1. The Balaban J connectivity index is 1.75. The minimum absolute atomic E-state index is 0.0385. The van der Waals surface area contributed by atoms with Crippen molar-refractivity contribution in [3.05, 3.63) is 71.3 Å². The lowest BCUT2D eigenvalue weighted by Crippen LogP contribution is -2.28. The third kappa shape index (κ3) is 4.18. The van der Waals surface area contributed by atoms with Crippen molar-refractivity contribution in [1.29, 1.82) is 0 Å². The molecule has 5 aromatic rings. The molecule has 4 aromatic heterocycles. The van der Waals surface area contributed by atoms with E-state index in [-0.39, 0.29) is 17.0 Å². The van der Waals surface area contributed by atoms with Crippen LogP contribution in [0.15, 0.2) is 42.9 Å². The SMILES string of the molecule is Cc1nnn(C)c1-c1cnc2c3ccc(C(C)(C)O)c(F)c3n(C(c3ccncc3F)C3CCOCC3)c2c1. The van der Waals surface area contributed by atoms with Crippen molar-refractivity contribution in [2.75, 3.05) is 13.2 Å². The zero-order valence-electron chi connectivity index (χ0n) is 22.3. The maximum absolute atomic E-state index is 16.5. The Bertz CT molecular complexity index is 1680. The number of halogens is 2. The van der Waals surface area contributed by atoms with E-state index in [0.29, 0.717) is 48.0 Å². The molecule has 1 saturated heterocycles. The predicted octanol–water partition coefficient (Wildman–Crippen LogP) is 5.21. The molecule has 6 rings (SSSR count). The molecular formula is C29H30F2N6O2. The van der Waals surface area contributed by atoms with Crippen LogP contribution in [0.5, 0.6) is 0 Å². The summed E-state index contributed by atoms with van der Waals surface area (Å²) in [4.78, 5) is 8.76. The number of hydrogen-bond donors (Lipinski definition) is 1. The molecule has 1 unspecified atom stereocenters. The van der Waals surface area contributed by atoms with Gasteiger partial charge >= 0.3 is 0 Å². The van der Waals surface area contributed by atoms with Gasteiger partial charge in [0.15, 0.2) is 5.82 Å². The number of hydrogen-bond acceptors (Lipinski definition) is 6. The molecule has 0 amide bonds. The van der Waals surface area contributed by atoms with E-state index >= 15 is 8.78 Å². The zero-order chi connectivity index (χ0) is 27.5. The van der Waals surface area contributed by atoms with E-state index in [9.17, 15) is 5.11 Å². The Hall–Kier alpha value is -3.76. The van der Waals surface area contributed by atoms with Gasteiger partial charge in [0.2, 0.25) is 0 Å². The zero-order valence-corrected chi connectivity index (χ0v) is 22.3. The Morgan fingerprint density at radius 1 is 1.13 bits per heavy atom. The highest BCUT2D eigenvalue weighted by Crippen LogP contribution is 2.43. The van der Waals surface area contributed by atoms with Crippen molar-refractivity contribution in [2.45, 2.75) is 45.3 Å².